The third-order valence-corrected chi connectivity index (χ3v) is 3.72. The summed E-state index contributed by atoms with van der Waals surface area (Å²) in [5.41, 5.74) is 1.96. The zero-order valence-corrected chi connectivity index (χ0v) is 11.1. The molecular formula is C14H27N. The van der Waals surface area contributed by atoms with E-state index >= 15 is 0 Å². The molecule has 1 fully saturated rings. The molecule has 1 rings (SSSR count). The topological polar surface area (TPSA) is 12.4 Å². The van der Waals surface area contributed by atoms with Gasteiger partial charge in [0.15, 0.2) is 0 Å². The number of hydrogen-bond acceptors (Lipinski definition) is 1. The van der Waals surface area contributed by atoms with Gasteiger partial charge in [-0.2, -0.15) is 0 Å². The summed E-state index contributed by atoms with van der Waals surface area (Å²) in [5.74, 6) is 1.60. The summed E-state index contributed by atoms with van der Waals surface area (Å²) in [6.07, 6.45) is 5.10. The molecule has 0 N–H and O–H groups in total. The molecule has 0 aromatic carbocycles. The number of aliphatic imine (C=N–C) groups is 1. The van der Waals surface area contributed by atoms with Gasteiger partial charge in [-0.3, -0.25) is 4.99 Å². The fourth-order valence-corrected chi connectivity index (χ4v) is 2.53. The second-order valence-electron chi connectivity index (χ2n) is 6.11. The largest absolute Gasteiger partial charge is 0.294 e. The predicted octanol–water partition coefficient (Wildman–Crippen LogP) is 4.32. The quantitative estimate of drug-likeness (QED) is 0.642. The van der Waals surface area contributed by atoms with Gasteiger partial charge in [0.05, 0.1) is 0 Å². The van der Waals surface area contributed by atoms with E-state index in [2.05, 4.69) is 34.6 Å². The molecule has 0 radical (unpaired) electrons. The van der Waals surface area contributed by atoms with Crippen molar-refractivity contribution in [3.05, 3.63) is 0 Å². The Morgan fingerprint density at radius 3 is 2.47 bits per heavy atom. The minimum Gasteiger partial charge on any atom is -0.294 e. The highest BCUT2D eigenvalue weighted by molar-refractivity contribution is 5.87. The minimum atomic E-state index is 0.477. The Labute approximate surface area is 95.4 Å². The van der Waals surface area contributed by atoms with Crippen molar-refractivity contribution in [1.82, 2.24) is 0 Å². The predicted molar refractivity (Wildman–Crippen MR) is 68.6 cm³/mol. The molecule has 0 saturated heterocycles. The van der Waals surface area contributed by atoms with E-state index in [-0.39, 0.29) is 0 Å². The van der Waals surface area contributed by atoms with Crippen LogP contribution in [0.25, 0.3) is 0 Å². The van der Waals surface area contributed by atoms with Crippen LogP contribution in [-0.2, 0) is 0 Å². The lowest BCUT2D eigenvalue weighted by atomic mass is 9.69. The highest BCUT2D eigenvalue weighted by atomic mass is 14.7. The Bertz CT molecular complexity index is 222. The van der Waals surface area contributed by atoms with Crippen LogP contribution in [0.15, 0.2) is 4.99 Å². The molecule has 2 atom stereocenters. The first-order chi connectivity index (χ1) is 6.95. The minimum absolute atomic E-state index is 0.477. The third-order valence-electron chi connectivity index (χ3n) is 3.72. The fourth-order valence-electron chi connectivity index (χ4n) is 2.53. The smallest absolute Gasteiger partial charge is 0.0386 e. The first-order valence-electron chi connectivity index (χ1n) is 6.48. The third kappa shape index (κ3) is 3.62. The highest BCUT2D eigenvalue weighted by Gasteiger charge is 2.31. The summed E-state index contributed by atoms with van der Waals surface area (Å²) < 4.78 is 0. The second-order valence-corrected chi connectivity index (χ2v) is 6.11. The maximum absolute atomic E-state index is 4.72. The van der Waals surface area contributed by atoms with Crippen molar-refractivity contribution in [1.29, 1.82) is 0 Å². The van der Waals surface area contributed by atoms with Gasteiger partial charge < -0.3 is 0 Å². The molecule has 0 aromatic rings. The van der Waals surface area contributed by atoms with Crippen molar-refractivity contribution in [2.75, 3.05) is 6.54 Å². The molecule has 1 aliphatic carbocycles. The van der Waals surface area contributed by atoms with Crippen LogP contribution >= 0.6 is 0 Å². The summed E-state index contributed by atoms with van der Waals surface area (Å²) in [6.45, 7) is 12.7. The van der Waals surface area contributed by atoms with Crippen LogP contribution < -0.4 is 0 Å². The Hall–Kier alpha value is -0.330. The molecule has 15 heavy (non-hydrogen) atoms. The fraction of sp³-hybridized carbons (Fsp3) is 0.929. The SMILES string of the molecule is CCCN=C1CC[C@H](C(C)(C)C)C[C@H]1C. The van der Waals surface area contributed by atoms with E-state index in [1.54, 1.807) is 0 Å². The summed E-state index contributed by atoms with van der Waals surface area (Å²) in [7, 11) is 0. The van der Waals surface area contributed by atoms with Crippen molar-refractivity contribution in [3.63, 3.8) is 0 Å². The standard InChI is InChI=1S/C14H27N/c1-6-9-15-13-8-7-12(10-11(13)2)14(3,4)5/h11-12H,6-10H2,1-5H3/t11-,12+/m1/s1. The molecule has 1 nitrogen and oxygen atoms in total. The second kappa shape index (κ2) is 5.14. The molecule has 1 aliphatic rings. The maximum Gasteiger partial charge on any atom is 0.0386 e. The van der Waals surface area contributed by atoms with Gasteiger partial charge in [0, 0.05) is 12.3 Å². The summed E-state index contributed by atoms with van der Waals surface area (Å²) in [6, 6.07) is 0. The Kier molecular flexibility index (Phi) is 4.36. The van der Waals surface area contributed by atoms with Crippen molar-refractivity contribution in [3.8, 4) is 0 Å². The van der Waals surface area contributed by atoms with Crippen LogP contribution in [0.1, 0.15) is 60.3 Å². The van der Waals surface area contributed by atoms with Crippen molar-refractivity contribution < 1.29 is 0 Å². The van der Waals surface area contributed by atoms with Gasteiger partial charge in [0.1, 0.15) is 0 Å². The van der Waals surface area contributed by atoms with Crippen molar-refractivity contribution in [2.45, 2.75) is 60.3 Å². The number of rotatable bonds is 2. The van der Waals surface area contributed by atoms with Crippen LogP contribution in [0, 0.1) is 17.3 Å². The number of nitrogens with zero attached hydrogens (tertiary/aromatic N) is 1. The Morgan fingerprint density at radius 1 is 1.33 bits per heavy atom. The van der Waals surface area contributed by atoms with E-state index in [9.17, 15) is 0 Å². The van der Waals surface area contributed by atoms with Crippen LogP contribution in [0.2, 0.25) is 0 Å². The van der Waals surface area contributed by atoms with Crippen LogP contribution in [0.3, 0.4) is 0 Å². The summed E-state index contributed by atoms with van der Waals surface area (Å²) in [5, 5.41) is 0. The monoisotopic (exact) mass is 209 g/mol. The van der Waals surface area contributed by atoms with Crippen molar-refractivity contribution >= 4 is 5.71 Å². The molecule has 0 amide bonds. The van der Waals surface area contributed by atoms with E-state index in [1.165, 1.54) is 31.4 Å². The lowest BCUT2D eigenvalue weighted by Crippen LogP contribution is -2.31. The molecule has 0 bridgehead atoms. The zero-order valence-electron chi connectivity index (χ0n) is 11.1. The average molecular weight is 209 g/mol. The summed E-state index contributed by atoms with van der Waals surface area (Å²) in [4.78, 5) is 4.72. The Morgan fingerprint density at radius 2 is 2.00 bits per heavy atom. The molecular weight excluding hydrogens is 182 g/mol. The normalized spacial score (nSPS) is 30.9. The van der Waals surface area contributed by atoms with Gasteiger partial charge in [-0.1, -0.05) is 34.6 Å². The first-order valence-corrected chi connectivity index (χ1v) is 6.48. The van der Waals surface area contributed by atoms with Gasteiger partial charge in [0.2, 0.25) is 0 Å². The molecule has 0 aliphatic heterocycles. The molecule has 1 saturated carbocycles. The lowest BCUT2D eigenvalue weighted by molar-refractivity contribution is 0.190. The zero-order chi connectivity index (χ0) is 11.5. The molecule has 88 valence electrons. The Balaban J connectivity index is 2.55. The van der Waals surface area contributed by atoms with Crippen LogP contribution in [-0.4, -0.2) is 12.3 Å². The highest BCUT2D eigenvalue weighted by Crippen LogP contribution is 2.39. The van der Waals surface area contributed by atoms with E-state index in [0.29, 0.717) is 5.41 Å². The summed E-state index contributed by atoms with van der Waals surface area (Å²) >= 11 is 0. The molecule has 1 heteroatoms. The van der Waals surface area contributed by atoms with Gasteiger partial charge in [-0.05, 0) is 42.9 Å². The molecule has 0 heterocycles. The van der Waals surface area contributed by atoms with Gasteiger partial charge in [-0.25, -0.2) is 0 Å². The molecule has 0 unspecified atom stereocenters. The van der Waals surface area contributed by atoms with E-state index < -0.39 is 0 Å². The lowest BCUT2D eigenvalue weighted by Gasteiger charge is -2.37. The number of hydrogen-bond donors (Lipinski definition) is 0. The average Bonchev–Trinajstić information content (AvgIpc) is 2.14. The first kappa shape index (κ1) is 12.7. The van der Waals surface area contributed by atoms with E-state index in [0.717, 1.165) is 18.4 Å². The van der Waals surface area contributed by atoms with Gasteiger partial charge in [0.25, 0.3) is 0 Å². The van der Waals surface area contributed by atoms with Gasteiger partial charge in [-0.15, -0.1) is 0 Å². The van der Waals surface area contributed by atoms with Gasteiger partial charge >= 0.3 is 0 Å². The molecule has 0 spiro atoms. The van der Waals surface area contributed by atoms with Crippen molar-refractivity contribution in [2.24, 2.45) is 22.2 Å². The van der Waals surface area contributed by atoms with E-state index in [1.807, 2.05) is 0 Å². The molecule has 0 aromatic heterocycles. The maximum atomic E-state index is 4.72. The van der Waals surface area contributed by atoms with Crippen LogP contribution in [0.4, 0.5) is 0 Å². The van der Waals surface area contributed by atoms with Crippen LogP contribution in [0.5, 0.6) is 0 Å². The van der Waals surface area contributed by atoms with E-state index in [4.69, 9.17) is 4.99 Å².